The van der Waals surface area contributed by atoms with Crippen LogP contribution in [0.2, 0.25) is 15.1 Å². The molecule has 0 bridgehead atoms. The van der Waals surface area contributed by atoms with E-state index in [1.54, 1.807) is 41.4 Å². The highest BCUT2D eigenvalue weighted by molar-refractivity contribution is 8.19. The van der Waals surface area contributed by atoms with Crippen molar-refractivity contribution < 1.29 is 9.21 Å². The first kappa shape index (κ1) is 22.7. The quantitative estimate of drug-likeness (QED) is 0.252. The van der Waals surface area contributed by atoms with Crippen molar-refractivity contribution in [3.05, 3.63) is 105 Å². The highest BCUT2D eigenvalue weighted by atomic mass is 35.5. The molecule has 3 heterocycles. The Morgan fingerprint density at radius 1 is 0.941 bits per heavy atom. The number of aromatic nitrogens is 1. The monoisotopic (exact) mass is 525 g/mol. The van der Waals surface area contributed by atoms with Gasteiger partial charge < -0.3 is 4.42 Å². The Balaban J connectivity index is 1.51. The van der Waals surface area contributed by atoms with Crippen molar-refractivity contribution in [1.29, 1.82) is 0 Å². The van der Waals surface area contributed by atoms with Gasteiger partial charge in [-0.25, -0.2) is 4.99 Å². The summed E-state index contributed by atoms with van der Waals surface area (Å²) in [6.45, 7) is 0. The number of para-hydroxylation sites is 1. The minimum absolute atomic E-state index is 0.215. The average Bonchev–Trinajstić information content (AvgIpc) is 3.42. The van der Waals surface area contributed by atoms with E-state index >= 15 is 0 Å². The van der Waals surface area contributed by atoms with Gasteiger partial charge in [0.2, 0.25) is 0 Å². The molecule has 0 unspecified atom stereocenters. The first-order valence-corrected chi connectivity index (χ1v) is 12.0. The average molecular weight is 527 g/mol. The van der Waals surface area contributed by atoms with Gasteiger partial charge in [-0.3, -0.25) is 14.7 Å². The van der Waals surface area contributed by atoms with Crippen molar-refractivity contribution in [2.45, 2.75) is 0 Å². The number of hydrogen-bond donors (Lipinski definition) is 0. The molecule has 1 aliphatic rings. The number of thioether (sulfide) groups is 1. The van der Waals surface area contributed by atoms with Crippen molar-refractivity contribution in [3.63, 3.8) is 0 Å². The molecule has 0 radical (unpaired) electrons. The fourth-order valence-corrected chi connectivity index (χ4v) is 4.71. The lowest BCUT2D eigenvalue weighted by Crippen LogP contribution is -2.28. The van der Waals surface area contributed by atoms with Crippen molar-refractivity contribution >= 4 is 75.1 Å². The van der Waals surface area contributed by atoms with Crippen LogP contribution in [-0.4, -0.2) is 16.1 Å². The van der Waals surface area contributed by atoms with Gasteiger partial charge in [0.05, 0.1) is 31.3 Å². The number of benzene rings is 2. The van der Waals surface area contributed by atoms with Crippen molar-refractivity contribution in [3.8, 4) is 11.3 Å². The third kappa shape index (κ3) is 4.63. The Morgan fingerprint density at radius 2 is 1.76 bits per heavy atom. The topological polar surface area (TPSA) is 58.7 Å². The van der Waals surface area contributed by atoms with Crippen LogP contribution in [0.5, 0.6) is 0 Å². The summed E-state index contributed by atoms with van der Waals surface area (Å²) in [6, 6.07) is 19.9. The van der Waals surface area contributed by atoms with E-state index in [2.05, 4.69) is 9.98 Å². The highest BCUT2D eigenvalue weighted by Crippen LogP contribution is 2.39. The summed E-state index contributed by atoms with van der Waals surface area (Å²) in [6.07, 6.45) is 4.81. The molecule has 0 N–H and O–H groups in total. The Kier molecular flexibility index (Phi) is 6.48. The molecule has 0 spiro atoms. The Morgan fingerprint density at radius 3 is 2.53 bits per heavy atom. The van der Waals surface area contributed by atoms with Crippen LogP contribution >= 0.6 is 46.6 Å². The molecule has 9 heteroatoms. The summed E-state index contributed by atoms with van der Waals surface area (Å²) in [5.74, 6) is 0.916. The number of furan rings is 1. The van der Waals surface area contributed by atoms with E-state index in [0.717, 1.165) is 5.56 Å². The number of pyridine rings is 1. The van der Waals surface area contributed by atoms with Gasteiger partial charge in [-0.05, 0) is 60.3 Å². The fourth-order valence-electron chi connectivity index (χ4n) is 3.28. The van der Waals surface area contributed by atoms with Gasteiger partial charge in [0.15, 0.2) is 5.17 Å². The molecule has 0 atom stereocenters. The van der Waals surface area contributed by atoms with E-state index in [4.69, 9.17) is 39.2 Å². The van der Waals surface area contributed by atoms with Crippen molar-refractivity contribution in [2.24, 2.45) is 4.99 Å². The minimum atomic E-state index is -0.215. The van der Waals surface area contributed by atoms with Gasteiger partial charge in [-0.15, -0.1) is 0 Å². The molecule has 1 fully saturated rings. The van der Waals surface area contributed by atoms with Crippen LogP contribution in [0.4, 0.5) is 11.4 Å². The summed E-state index contributed by atoms with van der Waals surface area (Å²) in [4.78, 5) is 24.0. The largest absolute Gasteiger partial charge is 0.457 e. The summed E-state index contributed by atoms with van der Waals surface area (Å²) >= 11 is 19.6. The van der Waals surface area contributed by atoms with Crippen molar-refractivity contribution in [1.82, 2.24) is 4.98 Å². The molecule has 1 aliphatic heterocycles. The molecule has 5 nitrogen and oxygen atoms in total. The van der Waals surface area contributed by atoms with Gasteiger partial charge in [0, 0.05) is 24.0 Å². The maximum atomic E-state index is 13.4. The molecule has 0 saturated carbocycles. The first-order valence-electron chi connectivity index (χ1n) is 10.0. The number of hydrogen-bond acceptors (Lipinski definition) is 5. The van der Waals surface area contributed by atoms with E-state index in [0.29, 0.717) is 48.0 Å². The normalized spacial score (nSPS) is 16.1. The summed E-state index contributed by atoms with van der Waals surface area (Å²) in [5, 5.41) is 1.78. The zero-order valence-electron chi connectivity index (χ0n) is 17.3. The molecule has 2 aromatic heterocycles. The Labute approximate surface area is 214 Å². The van der Waals surface area contributed by atoms with Crippen LogP contribution in [-0.2, 0) is 4.79 Å². The lowest BCUT2D eigenvalue weighted by atomic mass is 10.2. The van der Waals surface area contributed by atoms with Crippen LogP contribution in [0.15, 0.2) is 93.4 Å². The maximum absolute atomic E-state index is 13.4. The molecule has 2 aromatic carbocycles. The number of nitrogens with zero attached hydrogens (tertiary/aromatic N) is 3. The molecule has 168 valence electrons. The number of amides is 1. The first-order chi connectivity index (χ1) is 16.5. The molecular formula is C25H14Cl3N3O2S. The standard InChI is InChI=1S/C25H14Cl3N3O2S/c26-18-8-6-15(12-19(18)27)22-9-7-17(33-22)13-23-24(32)31(16-4-2-1-3-5-16)25(34-23)30-21-10-11-29-14-20(21)28/h1-14H/b23-13+,30-25?. The predicted octanol–water partition coefficient (Wildman–Crippen LogP) is 8.11. The van der Waals surface area contributed by atoms with Crippen LogP contribution < -0.4 is 4.90 Å². The lowest BCUT2D eigenvalue weighted by Gasteiger charge is -2.15. The smallest absolute Gasteiger partial charge is 0.271 e. The second-order valence-corrected chi connectivity index (χ2v) is 9.37. The van der Waals surface area contributed by atoms with Gasteiger partial charge in [-0.1, -0.05) is 53.0 Å². The number of carbonyl (C=O) groups is 1. The molecule has 4 aromatic rings. The van der Waals surface area contributed by atoms with Crippen LogP contribution in [0, 0.1) is 0 Å². The van der Waals surface area contributed by atoms with Gasteiger partial charge in [-0.2, -0.15) is 0 Å². The zero-order valence-corrected chi connectivity index (χ0v) is 20.4. The van der Waals surface area contributed by atoms with E-state index in [9.17, 15) is 4.79 Å². The minimum Gasteiger partial charge on any atom is -0.457 e. The number of amidine groups is 1. The second kappa shape index (κ2) is 9.68. The number of carbonyl (C=O) groups excluding carboxylic acids is 1. The number of halogens is 3. The summed E-state index contributed by atoms with van der Waals surface area (Å²) < 4.78 is 5.96. The van der Waals surface area contributed by atoms with Gasteiger partial charge in [0.1, 0.15) is 11.5 Å². The third-order valence-corrected chi connectivity index (χ3v) is 6.89. The van der Waals surface area contributed by atoms with Gasteiger partial charge >= 0.3 is 0 Å². The van der Waals surface area contributed by atoms with Crippen LogP contribution in [0.3, 0.4) is 0 Å². The fraction of sp³-hybridized carbons (Fsp3) is 0. The van der Waals surface area contributed by atoms with E-state index in [1.807, 2.05) is 42.5 Å². The summed E-state index contributed by atoms with van der Waals surface area (Å²) in [5.41, 5.74) is 2.00. The molecular weight excluding hydrogens is 513 g/mol. The Bertz CT molecular complexity index is 1450. The van der Waals surface area contributed by atoms with E-state index < -0.39 is 0 Å². The zero-order chi connectivity index (χ0) is 23.7. The summed E-state index contributed by atoms with van der Waals surface area (Å²) in [7, 11) is 0. The molecule has 1 amide bonds. The molecule has 5 rings (SSSR count). The maximum Gasteiger partial charge on any atom is 0.271 e. The number of rotatable bonds is 4. The van der Waals surface area contributed by atoms with E-state index in [-0.39, 0.29) is 5.91 Å². The third-order valence-electron chi connectivity index (χ3n) is 4.89. The number of aliphatic imine (C=N–C) groups is 1. The van der Waals surface area contributed by atoms with Crippen LogP contribution in [0.1, 0.15) is 5.76 Å². The predicted molar refractivity (Wildman–Crippen MR) is 140 cm³/mol. The molecule has 0 aliphatic carbocycles. The molecule has 1 saturated heterocycles. The van der Waals surface area contributed by atoms with Gasteiger partial charge in [0.25, 0.3) is 5.91 Å². The highest BCUT2D eigenvalue weighted by Gasteiger charge is 2.35. The number of anilines is 1. The lowest BCUT2D eigenvalue weighted by molar-refractivity contribution is -0.113. The van der Waals surface area contributed by atoms with Crippen molar-refractivity contribution in [2.75, 3.05) is 4.90 Å². The Hall–Kier alpha value is -3.03. The second-order valence-electron chi connectivity index (χ2n) is 7.14. The SMILES string of the molecule is O=C1/C(=C\c2ccc(-c3ccc(Cl)c(Cl)c3)o2)SC(=Nc2ccncc2Cl)N1c1ccccc1. The van der Waals surface area contributed by atoms with E-state index in [1.165, 1.54) is 18.0 Å². The van der Waals surface area contributed by atoms with Crippen LogP contribution in [0.25, 0.3) is 17.4 Å². The molecule has 34 heavy (non-hydrogen) atoms.